The molecule has 9 nitrogen and oxygen atoms in total. The van der Waals surface area contributed by atoms with E-state index >= 15 is 0 Å². The van der Waals surface area contributed by atoms with E-state index in [0.29, 0.717) is 35.0 Å². The van der Waals surface area contributed by atoms with E-state index in [1.54, 1.807) is 12.1 Å². The topological polar surface area (TPSA) is 142 Å². The van der Waals surface area contributed by atoms with Crippen LogP contribution >= 0.6 is 0 Å². The van der Waals surface area contributed by atoms with Crippen molar-refractivity contribution in [3.8, 4) is 34.7 Å². The fourth-order valence-corrected chi connectivity index (χ4v) is 4.31. The SMILES string of the molecule is CC(C)Oc1ccc(-c2nc(-c3cccc4c3CCC4NCCCCC(=O)O)no2)cc1C#N.CO. The van der Waals surface area contributed by atoms with Crippen molar-refractivity contribution in [2.24, 2.45) is 0 Å². The lowest BCUT2D eigenvalue weighted by molar-refractivity contribution is -0.137. The number of hydrogen-bond donors (Lipinski definition) is 3. The molecule has 1 atom stereocenters. The largest absolute Gasteiger partial charge is 0.490 e. The first-order valence-electron chi connectivity index (χ1n) is 12.0. The molecule has 190 valence electrons. The number of aromatic nitrogens is 2. The lowest BCUT2D eigenvalue weighted by Crippen LogP contribution is -2.20. The van der Waals surface area contributed by atoms with Crippen molar-refractivity contribution in [1.29, 1.82) is 5.26 Å². The highest BCUT2D eigenvalue weighted by Crippen LogP contribution is 2.37. The van der Waals surface area contributed by atoms with Crippen LogP contribution in [0.25, 0.3) is 22.8 Å². The minimum absolute atomic E-state index is 0.0313. The molecule has 0 radical (unpaired) electrons. The van der Waals surface area contributed by atoms with E-state index in [1.807, 2.05) is 32.0 Å². The normalized spacial score (nSPS) is 14.1. The van der Waals surface area contributed by atoms with Crippen LogP contribution in [0.3, 0.4) is 0 Å². The molecule has 0 bridgehead atoms. The maximum atomic E-state index is 10.7. The number of rotatable bonds is 10. The van der Waals surface area contributed by atoms with Gasteiger partial charge in [-0.15, -0.1) is 0 Å². The predicted molar refractivity (Wildman–Crippen MR) is 134 cm³/mol. The molecule has 36 heavy (non-hydrogen) atoms. The Morgan fingerprint density at radius 1 is 1.28 bits per heavy atom. The molecule has 2 aromatic carbocycles. The Morgan fingerprint density at radius 2 is 2.08 bits per heavy atom. The van der Waals surface area contributed by atoms with Gasteiger partial charge in [0.05, 0.1) is 11.7 Å². The lowest BCUT2D eigenvalue weighted by atomic mass is 10.0. The molecule has 0 aliphatic heterocycles. The molecule has 1 aromatic heterocycles. The molecule has 1 heterocycles. The number of aliphatic hydroxyl groups excluding tert-OH is 1. The Labute approximate surface area is 210 Å². The van der Waals surface area contributed by atoms with Crippen LogP contribution in [0.1, 0.15) is 62.3 Å². The van der Waals surface area contributed by atoms with Crippen LogP contribution in [0.4, 0.5) is 0 Å². The van der Waals surface area contributed by atoms with E-state index in [2.05, 4.69) is 27.6 Å². The molecule has 1 aliphatic rings. The van der Waals surface area contributed by atoms with Crippen LogP contribution in [0.15, 0.2) is 40.9 Å². The summed E-state index contributed by atoms with van der Waals surface area (Å²) in [4.78, 5) is 15.3. The van der Waals surface area contributed by atoms with Crippen molar-refractivity contribution in [1.82, 2.24) is 15.5 Å². The van der Waals surface area contributed by atoms with Gasteiger partial charge in [0.15, 0.2) is 0 Å². The second-order valence-corrected chi connectivity index (χ2v) is 8.68. The molecule has 9 heteroatoms. The summed E-state index contributed by atoms with van der Waals surface area (Å²) in [6.45, 7) is 4.61. The van der Waals surface area contributed by atoms with E-state index in [9.17, 15) is 10.1 Å². The van der Waals surface area contributed by atoms with Gasteiger partial charge in [0.2, 0.25) is 5.82 Å². The second kappa shape index (κ2) is 12.8. The summed E-state index contributed by atoms with van der Waals surface area (Å²) < 4.78 is 11.2. The number of ether oxygens (including phenoxy) is 1. The highest BCUT2D eigenvalue weighted by molar-refractivity contribution is 5.67. The van der Waals surface area contributed by atoms with Gasteiger partial charge in [0.25, 0.3) is 5.89 Å². The van der Waals surface area contributed by atoms with Gasteiger partial charge in [-0.3, -0.25) is 4.79 Å². The average Bonchev–Trinajstić information content (AvgIpc) is 3.52. The minimum atomic E-state index is -0.751. The molecule has 0 spiro atoms. The summed E-state index contributed by atoms with van der Waals surface area (Å²) in [5.74, 6) is 0.656. The Bertz CT molecular complexity index is 1220. The molecule has 1 unspecified atom stereocenters. The summed E-state index contributed by atoms with van der Waals surface area (Å²) >= 11 is 0. The molecule has 0 fully saturated rings. The van der Waals surface area contributed by atoms with Gasteiger partial charge in [-0.05, 0) is 75.4 Å². The Balaban J connectivity index is 0.00000176. The van der Waals surface area contributed by atoms with Gasteiger partial charge in [-0.1, -0.05) is 23.4 Å². The van der Waals surface area contributed by atoms with E-state index in [0.717, 1.165) is 38.5 Å². The average molecular weight is 493 g/mol. The van der Waals surface area contributed by atoms with Gasteiger partial charge in [0.1, 0.15) is 11.8 Å². The van der Waals surface area contributed by atoms with E-state index < -0.39 is 5.97 Å². The third-order valence-electron chi connectivity index (χ3n) is 5.86. The summed E-state index contributed by atoms with van der Waals surface area (Å²) in [6, 6.07) is 13.8. The number of nitriles is 1. The maximum absolute atomic E-state index is 10.7. The van der Waals surface area contributed by atoms with Crippen LogP contribution in [0, 0.1) is 11.3 Å². The van der Waals surface area contributed by atoms with E-state index in [1.165, 1.54) is 11.1 Å². The smallest absolute Gasteiger partial charge is 0.303 e. The van der Waals surface area contributed by atoms with Crippen molar-refractivity contribution in [2.45, 2.75) is 58.1 Å². The summed E-state index contributed by atoms with van der Waals surface area (Å²) in [5, 5.41) is 33.1. The van der Waals surface area contributed by atoms with Gasteiger partial charge in [-0.25, -0.2) is 0 Å². The van der Waals surface area contributed by atoms with Gasteiger partial charge >= 0.3 is 5.97 Å². The van der Waals surface area contributed by atoms with E-state index in [-0.39, 0.29) is 18.6 Å². The molecule has 0 saturated carbocycles. The van der Waals surface area contributed by atoms with Crippen molar-refractivity contribution in [2.75, 3.05) is 13.7 Å². The fraction of sp³-hybridized carbons (Fsp3) is 0.407. The molecular formula is C27H32N4O5. The summed E-state index contributed by atoms with van der Waals surface area (Å²) in [6.07, 6.45) is 3.55. The molecule has 3 N–H and O–H groups in total. The first-order chi connectivity index (χ1) is 17.5. The first-order valence-corrected chi connectivity index (χ1v) is 12.0. The standard InChI is InChI=1S/C26H28N4O4.CH4O/c1-16(2)33-23-12-9-17(14-18(23)15-27)26-29-25(30-34-26)21-7-5-6-20-19(21)10-11-22(20)28-13-4-3-8-24(31)32;1-2/h5-7,9,12,14,16,22,28H,3-4,8,10-11,13H2,1-2H3,(H,31,32);2H,1H3. The van der Waals surface area contributed by atoms with Crippen molar-refractivity contribution < 1.29 is 24.3 Å². The van der Waals surface area contributed by atoms with Crippen molar-refractivity contribution in [3.05, 3.63) is 53.1 Å². The zero-order valence-electron chi connectivity index (χ0n) is 20.8. The number of benzene rings is 2. The van der Waals surface area contributed by atoms with Crippen LogP contribution in [0.5, 0.6) is 5.75 Å². The Morgan fingerprint density at radius 3 is 2.81 bits per heavy atom. The third-order valence-corrected chi connectivity index (χ3v) is 5.86. The number of carboxylic acids is 1. The maximum Gasteiger partial charge on any atom is 0.303 e. The number of unbranched alkanes of at least 4 members (excludes halogenated alkanes) is 1. The van der Waals surface area contributed by atoms with Crippen LogP contribution in [-0.4, -0.2) is 46.1 Å². The second-order valence-electron chi connectivity index (χ2n) is 8.68. The summed E-state index contributed by atoms with van der Waals surface area (Å²) in [7, 11) is 1.00. The fourth-order valence-electron chi connectivity index (χ4n) is 4.31. The zero-order valence-corrected chi connectivity index (χ0v) is 20.8. The van der Waals surface area contributed by atoms with Crippen LogP contribution in [0.2, 0.25) is 0 Å². The lowest BCUT2D eigenvalue weighted by Gasteiger charge is -2.14. The number of nitrogens with zero attached hydrogens (tertiary/aromatic N) is 3. The number of aliphatic carboxylic acids is 1. The highest BCUT2D eigenvalue weighted by Gasteiger charge is 2.26. The predicted octanol–water partition coefficient (Wildman–Crippen LogP) is 4.50. The zero-order chi connectivity index (χ0) is 26.1. The number of nitrogens with one attached hydrogen (secondary N) is 1. The van der Waals surface area contributed by atoms with Gasteiger partial charge in [-0.2, -0.15) is 10.2 Å². The Kier molecular flexibility index (Phi) is 9.56. The number of fused-ring (bicyclic) bond motifs is 1. The Hall–Kier alpha value is -3.74. The van der Waals surface area contributed by atoms with Gasteiger partial charge < -0.3 is 24.8 Å². The third kappa shape index (κ3) is 6.47. The monoisotopic (exact) mass is 492 g/mol. The molecule has 0 saturated heterocycles. The van der Waals surface area contributed by atoms with Crippen LogP contribution in [-0.2, 0) is 11.2 Å². The highest BCUT2D eigenvalue weighted by atomic mass is 16.5. The molecular weight excluding hydrogens is 460 g/mol. The van der Waals surface area contributed by atoms with Crippen molar-refractivity contribution in [3.63, 3.8) is 0 Å². The summed E-state index contributed by atoms with van der Waals surface area (Å²) in [5.41, 5.74) is 4.46. The first kappa shape index (κ1) is 26.9. The molecule has 3 aromatic rings. The quantitative estimate of drug-likeness (QED) is 0.349. The van der Waals surface area contributed by atoms with Crippen LogP contribution < -0.4 is 10.1 Å². The molecule has 0 amide bonds. The number of carbonyl (C=O) groups is 1. The number of carboxylic acid groups (broad SMARTS) is 1. The van der Waals surface area contributed by atoms with Crippen molar-refractivity contribution >= 4 is 5.97 Å². The number of aliphatic hydroxyl groups is 1. The van der Waals surface area contributed by atoms with Gasteiger partial charge in [0, 0.05) is 30.7 Å². The molecule has 1 aliphatic carbocycles. The van der Waals surface area contributed by atoms with E-state index in [4.69, 9.17) is 19.5 Å². The molecule has 4 rings (SSSR count). The number of hydrogen-bond acceptors (Lipinski definition) is 8. The minimum Gasteiger partial charge on any atom is -0.490 e.